The predicted octanol–water partition coefficient (Wildman–Crippen LogP) is 6.96. The molecular weight excluding hydrogens is 440 g/mol. The number of aryl methyl sites for hydroxylation is 1. The van der Waals surface area contributed by atoms with Gasteiger partial charge in [0.2, 0.25) is 0 Å². The van der Waals surface area contributed by atoms with Gasteiger partial charge in [-0.2, -0.15) is 0 Å². The molecule has 182 valence electrons. The van der Waals surface area contributed by atoms with Crippen molar-refractivity contribution in [2.45, 2.75) is 52.5 Å². The normalized spacial score (nSPS) is 16.0. The highest BCUT2D eigenvalue weighted by atomic mass is 16.1. The highest BCUT2D eigenvalue weighted by Gasteiger charge is 2.30. The van der Waals surface area contributed by atoms with Crippen molar-refractivity contribution >= 4 is 6.08 Å². The van der Waals surface area contributed by atoms with Crippen LogP contribution in [-0.2, 0) is 19.3 Å². The summed E-state index contributed by atoms with van der Waals surface area (Å²) in [6.45, 7) is 5.98. The zero-order valence-corrected chi connectivity index (χ0v) is 21.4. The van der Waals surface area contributed by atoms with Crippen LogP contribution in [0.15, 0.2) is 95.3 Å². The van der Waals surface area contributed by atoms with E-state index in [9.17, 15) is 4.79 Å². The van der Waals surface area contributed by atoms with Crippen LogP contribution in [0.4, 0.5) is 0 Å². The molecule has 0 saturated heterocycles. The van der Waals surface area contributed by atoms with E-state index in [1.54, 1.807) is 0 Å². The number of aromatic nitrogens is 2. The quantitative estimate of drug-likeness (QED) is 0.320. The minimum absolute atomic E-state index is 0.113. The molecule has 0 amide bonds. The van der Waals surface area contributed by atoms with Crippen molar-refractivity contribution in [2.75, 3.05) is 0 Å². The molecular formula is C33H34N2O. The number of benzene rings is 3. The van der Waals surface area contributed by atoms with E-state index in [0.29, 0.717) is 5.92 Å². The maximum absolute atomic E-state index is 13.9. The Morgan fingerprint density at radius 2 is 1.47 bits per heavy atom. The maximum atomic E-state index is 13.9. The summed E-state index contributed by atoms with van der Waals surface area (Å²) in [5, 5.41) is 0. The van der Waals surface area contributed by atoms with Crippen LogP contribution in [-0.4, -0.2) is 9.55 Å². The first-order valence-electron chi connectivity index (χ1n) is 13.2. The van der Waals surface area contributed by atoms with Crippen molar-refractivity contribution in [3.63, 3.8) is 0 Å². The van der Waals surface area contributed by atoms with Gasteiger partial charge in [-0.25, -0.2) is 4.98 Å². The van der Waals surface area contributed by atoms with Gasteiger partial charge in [-0.3, -0.25) is 9.36 Å². The molecule has 3 nitrogen and oxygen atoms in total. The SMILES string of the molecule is CC.Cc1nc2c(c(=O)n1C(c1ccccc1)c1ccccc1)CCC(C1=Cc3ccccc3C1)C2. The third-order valence-corrected chi connectivity index (χ3v) is 7.46. The topological polar surface area (TPSA) is 34.9 Å². The van der Waals surface area contributed by atoms with Gasteiger partial charge in [-0.05, 0) is 60.8 Å². The Labute approximate surface area is 214 Å². The van der Waals surface area contributed by atoms with Crippen molar-refractivity contribution in [3.8, 4) is 0 Å². The zero-order valence-electron chi connectivity index (χ0n) is 21.4. The fraction of sp³-hybridized carbons (Fsp3) is 0.273. The number of fused-ring (bicyclic) bond motifs is 2. The lowest BCUT2D eigenvalue weighted by Crippen LogP contribution is -2.35. The van der Waals surface area contributed by atoms with Crippen molar-refractivity contribution in [1.29, 1.82) is 0 Å². The average Bonchev–Trinajstić information content (AvgIpc) is 3.37. The van der Waals surface area contributed by atoms with Crippen LogP contribution < -0.4 is 5.56 Å². The highest BCUT2D eigenvalue weighted by molar-refractivity contribution is 5.64. The molecule has 6 rings (SSSR count). The van der Waals surface area contributed by atoms with Crippen LogP contribution in [0.25, 0.3) is 6.08 Å². The van der Waals surface area contributed by atoms with E-state index in [0.717, 1.165) is 53.9 Å². The second kappa shape index (κ2) is 10.5. The average molecular weight is 475 g/mol. The van der Waals surface area contributed by atoms with E-state index < -0.39 is 0 Å². The van der Waals surface area contributed by atoms with Gasteiger partial charge in [0.25, 0.3) is 5.56 Å². The van der Waals surface area contributed by atoms with Crippen molar-refractivity contribution in [3.05, 3.63) is 140 Å². The number of hydrogen-bond donors (Lipinski definition) is 0. The van der Waals surface area contributed by atoms with E-state index in [1.807, 2.05) is 61.7 Å². The van der Waals surface area contributed by atoms with Crippen molar-refractivity contribution in [1.82, 2.24) is 9.55 Å². The van der Waals surface area contributed by atoms with Gasteiger partial charge in [0, 0.05) is 5.56 Å². The molecule has 1 heterocycles. The van der Waals surface area contributed by atoms with Gasteiger partial charge in [0.1, 0.15) is 5.82 Å². The molecule has 36 heavy (non-hydrogen) atoms. The summed E-state index contributed by atoms with van der Waals surface area (Å²) in [5.74, 6) is 1.24. The third kappa shape index (κ3) is 4.46. The van der Waals surface area contributed by atoms with Crippen molar-refractivity contribution < 1.29 is 0 Å². The van der Waals surface area contributed by atoms with Crippen LogP contribution in [0.2, 0.25) is 0 Å². The Morgan fingerprint density at radius 3 is 2.11 bits per heavy atom. The molecule has 1 unspecified atom stereocenters. The lowest BCUT2D eigenvalue weighted by molar-refractivity contribution is 0.490. The van der Waals surface area contributed by atoms with Crippen LogP contribution >= 0.6 is 0 Å². The van der Waals surface area contributed by atoms with E-state index in [2.05, 4.69) is 54.6 Å². The molecule has 0 aliphatic heterocycles. The molecule has 0 saturated carbocycles. The van der Waals surface area contributed by atoms with Gasteiger partial charge < -0.3 is 0 Å². The van der Waals surface area contributed by atoms with Gasteiger partial charge >= 0.3 is 0 Å². The maximum Gasteiger partial charge on any atom is 0.257 e. The predicted molar refractivity (Wildman–Crippen MR) is 148 cm³/mol. The van der Waals surface area contributed by atoms with Gasteiger partial charge in [0.05, 0.1) is 11.7 Å². The number of allylic oxidation sites excluding steroid dienone is 1. The smallest absolute Gasteiger partial charge is 0.257 e. The lowest BCUT2D eigenvalue weighted by atomic mass is 9.81. The summed E-state index contributed by atoms with van der Waals surface area (Å²) in [4.78, 5) is 19.0. The second-order valence-corrected chi connectivity index (χ2v) is 9.52. The summed E-state index contributed by atoms with van der Waals surface area (Å²) < 4.78 is 1.91. The first kappa shape index (κ1) is 24.0. The Balaban J connectivity index is 0.00000130. The minimum Gasteiger partial charge on any atom is -0.285 e. The first-order valence-corrected chi connectivity index (χ1v) is 13.2. The molecule has 0 bridgehead atoms. The number of hydrogen-bond acceptors (Lipinski definition) is 2. The molecule has 2 aliphatic carbocycles. The van der Waals surface area contributed by atoms with Crippen LogP contribution in [0.1, 0.15) is 65.6 Å². The summed E-state index contributed by atoms with van der Waals surface area (Å²) in [6, 6.07) is 29.1. The second-order valence-electron chi connectivity index (χ2n) is 9.52. The van der Waals surface area contributed by atoms with E-state index in [4.69, 9.17) is 4.98 Å². The minimum atomic E-state index is -0.183. The molecule has 0 spiro atoms. The zero-order chi connectivity index (χ0) is 25.1. The summed E-state index contributed by atoms with van der Waals surface area (Å²) in [6.07, 6.45) is 6.04. The molecule has 1 aromatic heterocycles. The van der Waals surface area contributed by atoms with E-state index in [1.165, 1.54) is 16.7 Å². The van der Waals surface area contributed by atoms with E-state index >= 15 is 0 Å². The Morgan fingerprint density at radius 1 is 0.861 bits per heavy atom. The first-order chi connectivity index (χ1) is 17.7. The molecule has 0 fully saturated rings. The van der Waals surface area contributed by atoms with E-state index in [-0.39, 0.29) is 11.6 Å². The fourth-order valence-electron chi connectivity index (χ4n) is 5.76. The van der Waals surface area contributed by atoms with Gasteiger partial charge in [0.15, 0.2) is 0 Å². The van der Waals surface area contributed by atoms with Crippen LogP contribution in [0.3, 0.4) is 0 Å². The molecule has 0 radical (unpaired) electrons. The van der Waals surface area contributed by atoms with Crippen LogP contribution in [0.5, 0.6) is 0 Å². The summed E-state index contributed by atoms with van der Waals surface area (Å²) in [5.41, 5.74) is 8.45. The summed E-state index contributed by atoms with van der Waals surface area (Å²) >= 11 is 0. The van der Waals surface area contributed by atoms with Gasteiger partial charge in [-0.15, -0.1) is 0 Å². The molecule has 3 aromatic carbocycles. The van der Waals surface area contributed by atoms with Crippen LogP contribution in [0, 0.1) is 12.8 Å². The summed E-state index contributed by atoms with van der Waals surface area (Å²) in [7, 11) is 0. The molecule has 3 heteroatoms. The number of rotatable bonds is 4. The fourth-order valence-corrected chi connectivity index (χ4v) is 5.76. The molecule has 0 N–H and O–H groups in total. The number of nitrogens with zero attached hydrogens (tertiary/aromatic N) is 2. The van der Waals surface area contributed by atoms with Gasteiger partial charge in [-0.1, -0.05) is 110 Å². The molecule has 1 atom stereocenters. The largest absolute Gasteiger partial charge is 0.285 e. The Hall–Kier alpha value is -3.72. The molecule has 2 aliphatic rings. The monoisotopic (exact) mass is 474 g/mol. The Kier molecular flexibility index (Phi) is 6.99. The standard InChI is InChI=1S/C31H28N2O.C2H6/c1-21-32-29-20-26(27-18-24-14-8-9-15-25(24)19-27)16-17-28(29)31(34)33(21)30(22-10-4-2-5-11-22)23-12-6-3-7-13-23;1-2/h2-15,18,26,30H,16-17,19-20H2,1H3;1-2H3. The lowest BCUT2D eigenvalue weighted by Gasteiger charge is -2.29. The third-order valence-electron chi connectivity index (χ3n) is 7.46. The molecule has 4 aromatic rings. The highest BCUT2D eigenvalue weighted by Crippen LogP contribution is 2.36. The van der Waals surface area contributed by atoms with Crippen molar-refractivity contribution in [2.24, 2.45) is 5.92 Å². The Bertz CT molecular complexity index is 1390.